The van der Waals surface area contributed by atoms with Gasteiger partial charge < -0.3 is 9.42 Å². The molecule has 0 spiro atoms. The maximum absolute atomic E-state index is 15.0. The number of anilines is 1. The number of amides is 2. The highest BCUT2D eigenvalue weighted by molar-refractivity contribution is 7.89. The quantitative estimate of drug-likeness (QED) is 0.506. The molecule has 8 nitrogen and oxygen atoms in total. The lowest BCUT2D eigenvalue weighted by Crippen LogP contribution is -2.56. The first-order chi connectivity index (χ1) is 17.0. The fourth-order valence-electron chi connectivity index (χ4n) is 4.72. The summed E-state index contributed by atoms with van der Waals surface area (Å²) < 4.78 is 105. The lowest BCUT2D eigenvalue weighted by atomic mass is 9.99. The predicted molar refractivity (Wildman–Crippen MR) is 119 cm³/mol. The number of nitrogens with zero attached hydrogens (tertiary/aromatic N) is 3. The molecular weight excluding hydrogens is 511 g/mol. The third kappa shape index (κ3) is 3.70. The number of carbonyl (C=O) groups excluding carboxylic acids is 1. The minimum atomic E-state index is -3.99. The molecule has 2 atom stereocenters. The van der Waals surface area contributed by atoms with Gasteiger partial charge in [-0.15, -0.1) is 0 Å². The van der Waals surface area contributed by atoms with Crippen molar-refractivity contribution in [3.05, 3.63) is 47.8 Å². The lowest BCUT2D eigenvalue weighted by Gasteiger charge is -2.37. The molecule has 0 saturated carbocycles. The highest BCUT2D eigenvalue weighted by Crippen LogP contribution is 2.44. The van der Waals surface area contributed by atoms with E-state index < -0.39 is 74.9 Å². The van der Waals surface area contributed by atoms with Gasteiger partial charge in [0.15, 0.2) is 11.4 Å². The van der Waals surface area contributed by atoms with Crippen LogP contribution in [-0.4, -0.2) is 61.4 Å². The number of fused-ring (bicyclic) bond motifs is 2. The van der Waals surface area contributed by atoms with Crippen LogP contribution < -0.4 is 9.62 Å². The fraction of sp³-hybridized carbons (Fsp3) is 0.364. The molecule has 2 aliphatic rings. The zero-order valence-electron chi connectivity index (χ0n) is 18.6. The molecule has 0 radical (unpaired) electrons. The molecule has 2 aromatic carbocycles. The molecule has 14 heteroatoms. The van der Waals surface area contributed by atoms with Crippen LogP contribution in [0.25, 0.3) is 22.1 Å². The molecule has 0 unspecified atom stereocenters. The van der Waals surface area contributed by atoms with Gasteiger partial charge in [0.1, 0.15) is 29.5 Å². The van der Waals surface area contributed by atoms with Gasteiger partial charge in [0.05, 0.1) is 16.7 Å². The highest BCUT2D eigenvalue weighted by atomic mass is 32.2. The molecule has 0 bridgehead atoms. The van der Waals surface area contributed by atoms with E-state index in [1.165, 1.54) is 13.0 Å². The SMILES string of the molecule is CCS(=O)(=O)N[C@@H]1CN2C(=O)N(c3noc4ccc(F)c(-c5c(F)cccc5F)c34)CC[C@@H]2C1(F)F. The fourth-order valence-corrected chi connectivity index (χ4v) is 5.55. The Bertz CT molecular complexity index is 1460. The maximum atomic E-state index is 15.0. The minimum absolute atomic E-state index is 0.0840. The van der Waals surface area contributed by atoms with Gasteiger partial charge in [0, 0.05) is 18.7 Å². The average molecular weight is 530 g/mol. The maximum Gasteiger partial charge on any atom is 0.326 e. The van der Waals surface area contributed by atoms with Gasteiger partial charge in [-0.3, -0.25) is 4.90 Å². The van der Waals surface area contributed by atoms with Crippen LogP contribution in [0.2, 0.25) is 0 Å². The first-order valence-corrected chi connectivity index (χ1v) is 12.6. The Morgan fingerprint density at radius 2 is 1.78 bits per heavy atom. The first-order valence-electron chi connectivity index (χ1n) is 10.9. The Hall–Kier alpha value is -3.26. The van der Waals surface area contributed by atoms with Crippen molar-refractivity contribution in [3.63, 3.8) is 0 Å². The summed E-state index contributed by atoms with van der Waals surface area (Å²) in [5, 5.41) is 3.58. The van der Waals surface area contributed by atoms with E-state index in [1.54, 1.807) is 0 Å². The molecule has 2 saturated heterocycles. The molecule has 3 aromatic rings. The van der Waals surface area contributed by atoms with Crippen molar-refractivity contribution < 1.29 is 39.7 Å². The smallest absolute Gasteiger partial charge is 0.326 e. The number of nitrogens with one attached hydrogen (secondary N) is 1. The Morgan fingerprint density at radius 1 is 1.11 bits per heavy atom. The van der Waals surface area contributed by atoms with Crippen LogP contribution in [0, 0.1) is 17.5 Å². The number of carbonyl (C=O) groups is 1. The first kappa shape index (κ1) is 24.4. The van der Waals surface area contributed by atoms with Gasteiger partial charge in [-0.2, -0.15) is 0 Å². The topological polar surface area (TPSA) is 95.8 Å². The van der Waals surface area contributed by atoms with Crippen molar-refractivity contribution in [3.8, 4) is 11.1 Å². The van der Waals surface area contributed by atoms with Crippen molar-refractivity contribution in [1.82, 2.24) is 14.8 Å². The summed E-state index contributed by atoms with van der Waals surface area (Å²) in [6.45, 7) is 0.367. The van der Waals surface area contributed by atoms with Gasteiger partial charge in [0.2, 0.25) is 10.0 Å². The monoisotopic (exact) mass is 530 g/mol. The van der Waals surface area contributed by atoms with E-state index in [0.717, 1.165) is 34.1 Å². The molecule has 2 aliphatic heterocycles. The summed E-state index contributed by atoms with van der Waals surface area (Å²) >= 11 is 0. The van der Waals surface area contributed by atoms with Crippen molar-refractivity contribution >= 4 is 32.8 Å². The van der Waals surface area contributed by atoms with E-state index in [-0.39, 0.29) is 29.8 Å². The van der Waals surface area contributed by atoms with Gasteiger partial charge in [-0.25, -0.2) is 39.9 Å². The molecule has 2 amide bonds. The van der Waals surface area contributed by atoms with Gasteiger partial charge in [-0.05, 0) is 37.6 Å². The second kappa shape index (κ2) is 8.40. The number of sulfonamides is 1. The number of halogens is 5. The van der Waals surface area contributed by atoms with Crippen molar-refractivity contribution in [2.45, 2.75) is 31.4 Å². The second-order valence-corrected chi connectivity index (χ2v) is 10.6. The predicted octanol–water partition coefficient (Wildman–Crippen LogP) is 3.87. The molecule has 0 aliphatic carbocycles. The van der Waals surface area contributed by atoms with Crippen LogP contribution in [0.5, 0.6) is 0 Å². The van der Waals surface area contributed by atoms with E-state index in [9.17, 15) is 26.4 Å². The number of hydrogen-bond acceptors (Lipinski definition) is 5. The molecule has 1 aromatic heterocycles. The van der Waals surface area contributed by atoms with Crippen LogP contribution in [-0.2, 0) is 10.0 Å². The molecular formula is C22H19F5N4O4S. The Labute approximate surface area is 201 Å². The Morgan fingerprint density at radius 3 is 2.44 bits per heavy atom. The third-order valence-corrected chi connectivity index (χ3v) is 7.91. The summed E-state index contributed by atoms with van der Waals surface area (Å²) in [4.78, 5) is 15.1. The van der Waals surface area contributed by atoms with E-state index in [4.69, 9.17) is 4.52 Å². The summed E-state index contributed by atoms with van der Waals surface area (Å²) in [6, 6.07) is 0.678. The number of aromatic nitrogens is 1. The van der Waals surface area contributed by atoms with Crippen LogP contribution in [0.3, 0.4) is 0 Å². The lowest BCUT2D eigenvalue weighted by molar-refractivity contribution is -0.0448. The van der Waals surface area contributed by atoms with Gasteiger partial charge in [-0.1, -0.05) is 11.2 Å². The van der Waals surface area contributed by atoms with E-state index in [2.05, 4.69) is 5.16 Å². The normalized spacial score (nSPS) is 21.9. The van der Waals surface area contributed by atoms with Crippen molar-refractivity contribution in [1.29, 1.82) is 0 Å². The van der Waals surface area contributed by atoms with Crippen molar-refractivity contribution in [2.24, 2.45) is 0 Å². The van der Waals surface area contributed by atoms with Gasteiger partial charge >= 0.3 is 6.03 Å². The Kier molecular flexibility index (Phi) is 5.70. The average Bonchev–Trinajstić information content (AvgIpc) is 3.34. The zero-order chi connectivity index (χ0) is 26.0. The van der Waals surface area contributed by atoms with Gasteiger partial charge in [0.25, 0.3) is 5.92 Å². The largest absolute Gasteiger partial charge is 0.354 e. The summed E-state index contributed by atoms with van der Waals surface area (Å²) in [5.41, 5.74) is -1.32. The third-order valence-electron chi connectivity index (χ3n) is 6.51. The number of rotatable bonds is 5. The highest BCUT2D eigenvalue weighted by Gasteiger charge is 2.60. The summed E-state index contributed by atoms with van der Waals surface area (Å²) in [7, 11) is -3.99. The standard InChI is InChI=1S/C22H19F5N4O4S/c1-2-36(33,34)29-15-10-31-16(22(15,26)27)8-9-30(21(31)32)20-19-14(35-28-20)7-6-13(25)18(19)17-11(23)4-3-5-12(17)24/h3-7,15-16,29H,2,8-10H2,1H3/t15-,16-/m1/s1. The van der Waals surface area contributed by atoms with E-state index in [1.807, 2.05) is 4.72 Å². The minimum Gasteiger partial charge on any atom is -0.354 e. The number of urea groups is 1. The number of hydrogen-bond donors (Lipinski definition) is 1. The van der Waals surface area contributed by atoms with E-state index in [0.29, 0.717) is 0 Å². The van der Waals surface area contributed by atoms with Crippen LogP contribution >= 0.6 is 0 Å². The molecule has 192 valence electrons. The molecule has 3 heterocycles. The number of alkyl halides is 2. The van der Waals surface area contributed by atoms with E-state index >= 15 is 8.78 Å². The van der Waals surface area contributed by atoms with Crippen LogP contribution in [0.15, 0.2) is 34.9 Å². The van der Waals surface area contributed by atoms with Crippen molar-refractivity contribution in [2.75, 3.05) is 23.7 Å². The molecule has 1 N–H and O–H groups in total. The van der Waals surface area contributed by atoms with Crippen LogP contribution in [0.1, 0.15) is 13.3 Å². The molecule has 2 fully saturated rings. The van der Waals surface area contributed by atoms with Crippen LogP contribution in [0.4, 0.5) is 32.6 Å². The second-order valence-electron chi connectivity index (χ2n) is 8.54. The zero-order valence-corrected chi connectivity index (χ0v) is 19.5. The number of benzene rings is 2. The molecule has 36 heavy (non-hydrogen) atoms. The summed E-state index contributed by atoms with van der Waals surface area (Å²) in [6.07, 6.45) is -0.282. The Balaban J connectivity index is 1.57. The summed E-state index contributed by atoms with van der Waals surface area (Å²) in [5.74, 6) is -7.42. The molecule has 5 rings (SSSR count).